The second-order valence-electron chi connectivity index (χ2n) is 1.93. The molecule has 80 valence electrons. The van der Waals surface area contributed by atoms with Crippen molar-refractivity contribution < 1.29 is 13.2 Å². The normalized spacial score (nSPS) is 10.2. The van der Waals surface area contributed by atoms with Crippen LogP contribution in [0, 0.1) is 0 Å². The number of carbonyl (C=O) groups is 1. The Labute approximate surface area is 88.7 Å². The van der Waals surface area contributed by atoms with Gasteiger partial charge >= 0.3 is 8.26 Å². The van der Waals surface area contributed by atoms with E-state index in [9.17, 15) is 4.79 Å². The Balaban J connectivity index is 0.000000292. The van der Waals surface area contributed by atoms with E-state index in [1.807, 2.05) is 0 Å². The Kier molecular flexibility index (Phi) is 4.81. The number of anilines is 1. The summed E-state index contributed by atoms with van der Waals surface area (Å²) >= 11 is 0. The molecule has 10 heteroatoms. The molecule has 7 nitrogen and oxygen atoms in total. The Morgan fingerprint density at radius 1 is 1.57 bits per heavy atom. The Hall–Kier alpha value is -0.860. The van der Waals surface area contributed by atoms with Gasteiger partial charge in [0.05, 0.1) is 0 Å². The molecule has 1 aromatic heterocycles. The van der Waals surface area contributed by atoms with Gasteiger partial charge in [0.2, 0.25) is 11.9 Å². The predicted molar refractivity (Wildman–Crippen MR) is 51.4 cm³/mol. The highest BCUT2D eigenvalue weighted by Crippen LogP contribution is 1.98. The molecule has 1 aromatic rings. The van der Waals surface area contributed by atoms with E-state index in [0.29, 0.717) is 0 Å². The summed E-state index contributed by atoms with van der Waals surface area (Å²) in [5.74, 6) is -0.104. The van der Waals surface area contributed by atoms with E-state index in [4.69, 9.17) is 14.2 Å². The van der Waals surface area contributed by atoms with E-state index < -0.39 is 8.26 Å². The van der Waals surface area contributed by atoms with E-state index in [1.165, 1.54) is 13.3 Å². The second kappa shape index (κ2) is 5.13. The van der Waals surface area contributed by atoms with Crippen LogP contribution in [-0.4, -0.2) is 29.1 Å². The number of hydrogen-bond donors (Lipinski definition) is 1. The lowest BCUT2D eigenvalue weighted by atomic mass is 10.7. The molecule has 0 bridgehead atoms. The number of nitrogens with two attached hydrogens (primary N) is 1. The highest BCUT2D eigenvalue weighted by molar-refractivity contribution is 8.31. The Morgan fingerprint density at radius 3 is 2.14 bits per heavy atom. The molecule has 0 spiro atoms. The maximum Gasteiger partial charge on any atom is 0.317 e. The van der Waals surface area contributed by atoms with Gasteiger partial charge in [-0.15, -0.1) is 0 Å². The van der Waals surface area contributed by atoms with Crippen molar-refractivity contribution in [2.75, 3.05) is 5.73 Å². The highest BCUT2D eigenvalue weighted by Gasteiger charge is 2.01. The number of nitrogen functional groups attached to an aromatic ring is 1. The number of nitrogens with zero attached hydrogens (tertiary/aromatic N) is 3. The first-order valence-electron chi connectivity index (χ1n) is 3.02. The summed E-state index contributed by atoms with van der Waals surface area (Å²) in [6.45, 7) is 1.37. The minimum atomic E-state index is -3.72. The van der Waals surface area contributed by atoms with E-state index in [2.05, 4.69) is 31.4 Å². The maximum atomic E-state index is 10.5. The summed E-state index contributed by atoms with van der Waals surface area (Å²) in [4.78, 5) is 14.1. The van der Waals surface area contributed by atoms with Gasteiger partial charge in [0, 0.05) is 28.3 Å². The maximum absolute atomic E-state index is 10.5. The summed E-state index contributed by atoms with van der Waals surface area (Å²) in [6, 6.07) is 0. The highest BCUT2D eigenvalue weighted by atomic mass is 36.0. The van der Waals surface area contributed by atoms with Gasteiger partial charge in [-0.25, -0.2) is 0 Å². The Morgan fingerprint density at radius 2 is 2.00 bits per heavy atom. The van der Waals surface area contributed by atoms with Crippen LogP contribution in [0.3, 0.4) is 0 Å². The van der Waals surface area contributed by atoms with Gasteiger partial charge in [0.1, 0.15) is 6.33 Å². The van der Waals surface area contributed by atoms with Crippen molar-refractivity contribution in [2.45, 2.75) is 6.92 Å². The van der Waals surface area contributed by atoms with Gasteiger partial charge in [-0.1, -0.05) is 0 Å². The summed E-state index contributed by atoms with van der Waals surface area (Å²) in [6.07, 6.45) is 1.23. The second-order valence-corrected chi connectivity index (χ2v) is 5.60. The largest absolute Gasteiger partial charge is 0.368 e. The molecule has 0 saturated heterocycles. The van der Waals surface area contributed by atoms with Crippen molar-refractivity contribution in [1.82, 2.24) is 14.8 Å². The minimum absolute atomic E-state index is 0.127. The molecule has 0 unspecified atom stereocenters. The number of aromatic nitrogens is 3. The first-order valence-corrected chi connectivity index (χ1v) is 6.16. The molecule has 0 fully saturated rings. The average molecular weight is 261 g/mol. The molecular formula is C4H6Cl2N4O3S. The van der Waals surface area contributed by atoms with E-state index in [0.717, 1.165) is 4.68 Å². The zero-order valence-electron chi connectivity index (χ0n) is 6.89. The quantitative estimate of drug-likeness (QED) is 0.669. The van der Waals surface area contributed by atoms with Crippen molar-refractivity contribution in [1.29, 1.82) is 0 Å². The third-order valence-electron chi connectivity index (χ3n) is 0.872. The molecule has 2 N–H and O–H groups in total. The summed E-state index contributed by atoms with van der Waals surface area (Å²) in [5, 5.41) is 3.55. The number of halogens is 2. The van der Waals surface area contributed by atoms with Gasteiger partial charge in [0.15, 0.2) is 0 Å². The molecule has 0 aliphatic heterocycles. The monoisotopic (exact) mass is 260 g/mol. The van der Waals surface area contributed by atoms with Crippen LogP contribution in [0.1, 0.15) is 11.7 Å². The fourth-order valence-electron chi connectivity index (χ4n) is 0.493. The zero-order chi connectivity index (χ0) is 11.4. The van der Waals surface area contributed by atoms with Crippen LogP contribution < -0.4 is 5.73 Å². The van der Waals surface area contributed by atoms with Crippen LogP contribution in [0.15, 0.2) is 6.33 Å². The number of hydrogen-bond acceptors (Lipinski definition) is 6. The average Bonchev–Trinajstić information content (AvgIpc) is 2.30. The molecule has 1 rings (SSSR count). The topological polar surface area (TPSA) is 108 Å². The van der Waals surface area contributed by atoms with Crippen molar-refractivity contribution in [3.05, 3.63) is 6.33 Å². The van der Waals surface area contributed by atoms with E-state index in [-0.39, 0.29) is 11.9 Å². The Bertz CT molecular complexity index is 406. The number of rotatable bonds is 0. The summed E-state index contributed by atoms with van der Waals surface area (Å²) in [7, 11) is 4.81. The van der Waals surface area contributed by atoms with Crippen LogP contribution in [0.25, 0.3) is 0 Å². The van der Waals surface area contributed by atoms with Crippen LogP contribution in [-0.2, 0) is 8.26 Å². The molecule has 0 atom stereocenters. The molecule has 0 saturated carbocycles. The molecule has 14 heavy (non-hydrogen) atoms. The summed E-state index contributed by atoms with van der Waals surface area (Å²) in [5.41, 5.74) is 5.21. The van der Waals surface area contributed by atoms with Gasteiger partial charge in [0.25, 0.3) is 0 Å². The van der Waals surface area contributed by atoms with Gasteiger partial charge < -0.3 is 5.73 Å². The fraction of sp³-hybridized carbons (Fsp3) is 0.250. The van der Waals surface area contributed by atoms with Crippen molar-refractivity contribution in [3.8, 4) is 0 Å². The molecular weight excluding hydrogens is 255 g/mol. The summed E-state index contributed by atoms with van der Waals surface area (Å²) < 4.78 is 19.4. The first-order chi connectivity index (χ1) is 6.22. The third-order valence-corrected chi connectivity index (χ3v) is 0.872. The van der Waals surface area contributed by atoms with Crippen molar-refractivity contribution in [3.63, 3.8) is 0 Å². The van der Waals surface area contributed by atoms with Crippen molar-refractivity contribution in [2.24, 2.45) is 0 Å². The van der Waals surface area contributed by atoms with E-state index in [1.54, 1.807) is 0 Å². The first kappa shape index (κ1) is 13.1. The standard InChI is InChI=1S/C4H6N4O.Cl2O2S/c1-3(9)8-4(5)6-2-7-8;1-5(2,3)4/h2H,1H3,(H2,5,6,7);. The molecule has 0 aliphatic rings. The third kappa shape index (κ3) is 6.63. The molecule has 0 aromatic carbocycles. The zero-order valence-corrected chi connectivity index (χ0v) is 9.21. The molecule has 1 heterocycles. The smallest absolute Gasteiger partial charge is 0.317 e. The van der Waals surface area contributed by atoms with Crippen molar-refractivity contribution >= 4 is 41.5 Å². The van der Waals surface area contributed by atoms with Crippen LogP contribution in [0.2, 0.25) is 0 Å². The van der Waals surface area contributed by atoms with Crippen LogP contribution >= 0.6 is 21.4 Å². The van der Waals surface area contributed by atoms with Crippen LogP contribution in [0.4, 0.5) is 5.95 Å². The molecule has 0 amide bonds. The number of carbonyl (C=O) groups excluding carboxylic acids is 1. The van der Waals surface area contributed by atoms with Gasteiger partial charge in [-0.3, -0.25) is 4.79 Å². The minimum Gasteiger partial charge on any atom is -0.368 e. The molecule has 0 aliphatic carbocycles. The lowest BCUT2D eigenvalue weighted by Crippen LogP contribution is -2.10. The lowest BCUT2D eigenvalue weighted by Gasteiger charge is -1.91. The van der Waals surface area contributed by atoms with E-state index >= 15 is 0 Å². The predicted octanol–water partition coefficient (Wildman–Crippen LogP) is 0.229. The van der Waals surface area contributed by atoms with Crippen LogP contribution in [0.5, 0.6) is 0 Å². The molecule has 0 radical (unpaired) electrons. The van der Waals surface area contributed by atoms with Gasteiger partial charge in [-0.05, 0) is 0 Å². The lowest BCUT2D eigenvalue weighted by molar-refractivity contribution is 0.0924. The fourth-order valence-corrected chi connectivity index (χ4v) is 0.493. The van der Waals surface area contributed by atoms with Gasteiger partial charge in [-0.2, -0.15) is 23.2 Å². The SMILES string of the molecule is CC(=O)n1ncnc1N.O=S(=O)(Cl)Cl.